The number of benzene rings is 2. The van der Waals surface area contributed by atoms with Gasteiger partial charge in [0.1, 0.15) is 11.5 Å². The van der Waals surface area contributed by atoms with Crippen molar-refractivity contribution < 1.29 is 37.4 Å². The van der Waals surface area contributed by atoms with Gasteiger partial charge in [-0.05, 0) is 29.2 Å². The van der Waals surface area contributed by atoms with Crippen molar-refractivity contribution in [2.24, 2.45) is 0 Å². The minimum Gasteiger partial charge on any atom is -0.479 e. The summed E-state index contributed by atoms with van der Waals surface area (Å²) in [6.07, 6.45) is -6.03. The minimum atomic E-state index is -5.18. The number of carbonyl (C=O) groups excluding carboxylic acids is 2. The van der Waals surface area contributed by atoms with Crippen molar-refractivity contribution in [1.82, 2.24) is 10.3 Å². The molecule has 4 rings (SSSR count). The molecule has 0 bridgehead atoms. The summed E-state index contributed by atoms with van der Waals surface area (Å²) in [5.74, 6) is -3.70. The number of fused-ring (bicyclic) bond motifs is 3. The number of carboxylic acid groups (broad SMARTS) is 1. The van der Waals surface area contributed by atoms with Crippen LogP contribution in [0.3, 0.4) is 0 Å². The number of nitrogens with zero attached hydrogens (tertiary/aromatic N) is 1. The van der Waals surface area contributed by atoms with Crippen LogP contribution in [0.1, 0.15) is 32.4 Å². The van der Waals surface area contributed by atoms with Crippen LogP contribution in [0.15, 0.2) is 48.5 Å². The molecule has 2 amide bonds. The highest BCUT2D eigenvalue weighted by molar-refractivity contribution is 7.17. The number of ether oxygens (including phenoxy) is 1. The van der Waals surface area contributed by atoms with Gasteiger partial charge in [-0.15, -0.1) is 0 Å². The Morgan fingerprint density at radius 2 is 1.66 bits per heavy atom. The number of aryl methyl sites for hydroxylation is 1. The van der Waals surface area contributed by atoms with E-state index in [1.807, 2.05) is 48.5 Å². The van der Waals surface area contributed by atoms with Crippen LogP contribution in [-0.4, -0.2) is 46.9 Å². The molecule has 1 aliphatic carbocycles. The SMILES string of the molecule is Cc1nc(NC(=O)OCC2c3ccccc3-c3ccccc32)sc1C(=O)NC(C(=O)O)C(F)(F)F. The predicted molar refractivity (Wildman–Crippen MR) is 120 cm³/mol. The highest BCUT2D eigenvalue weighted by Crippen LogP contribution is 2.44. The van der Waals surface area contributed by atoms with E-state index in [0.717, 1.165) is 22.3 Å². The summed E-state index contributed by atoms with van der Waals surface area (Å²) in [6, 6.07) is 12.5. The van der Waals surface area contributed by atoms with E-state index < -0.39 is 30.2 Å². The molecule has 0 radical (unpaired) electrons. The van der Waals surface area contributed by atoms with Gasteiger partial charge in [-0.1, -0.05) is 59.9 Å². The summed E-state index contributed by atoms with van der Waals surface area (Å²) in [4.78, 5) is 39.1. The number of hydrogen-bond acceptors (Lipinski definition) is 6. The lowest BCUT2D eigenvalue weighted by molar-refractivity contribution is -0.178. The van der Waals surface area contributed by atoms with Crippen LogP contribution >= 0.6 is 11.3 Å². The second-order valence-corrected chi connectivity index (χ2v) is 8.67. The third-order valence-corrected chi connectivity index (χ3v) is 6.48. The first kappa shape index (κ1) is 24.2. The quantitative estimate of drug-likeness (QED) is 0.452. The number of nitrogens with one attached hydrogen (secondary N) is 2. The van der Waals surface area contributed by atoms with Gasteiger partial charge in [0.25, 0.3) is 5.91 Å². The lowest BCUT2D eigenvalue weighted by atomic mass is 9.98. The van der Waals surface area contributed by atoms with Gasteiger partial charge in [0.15, 0.2) is 5.13 Å². The van der Waals surface area contributed by atoms with Crippen LogP contribution in [-0.2, 0) is 9.53 Å². The zero-order valence-corrected chi connectivity index (χ0v) is 18.9. The summed E-state index contributed by atoms with van der Waals surface area (Å²) in [5.41, 5.74) is 4.17. The lowest BCUT2D eigenvalue weighted by Gasteiger charge is -2.16. The minimum absolute atomic E-state index is 0.0211. The Bertz CT molecular complexity index is 1260. The number of amides is 2. The Morgan fingerprint density at radius 1 is 1.09 bits per heavy atom. The van der Waals surface area contributed by atoms with Crippen molar-refractivity contribution in [3.8, 4) is 11.1 Å². The molecular formula is C23H18F3N3O5S. The fourth-order valence-electron chi connectivity index (χ4n) is 3.86. The molecule has 1 heterocycles. The van der Waals surface area contributed by atoms with Gasteiger partial charge in [-0.25, -0.2) is 14.6 Å². The maximum absolute atomic E-state index is 12.8. The molecule has 0 saturated heterocycles. The molecule has 1 atom stereocenters. The van der Waals surface area contributed by atoms with E-state index in [4.69, 9.17) is 9.84 Å². The molecule has 0 saturated carbocycles. The summed E-state index contributed by atoms with van der Waals surface area (Å²) in [6.45, 7) is 1.38. The Hall–Kier alpha value is -3.93. The molecule has 3 N–H and O–H groups in total. The Labute approximate surface area is 200 Å². The summed E-state index contributed by atoms with van der Waals surface area (Å²) >= 11 is 0.600. The number of hydrogen-bond donors (Lipinski definition) is 3. The average molecular weight is 505 g/mol. The molecule has 2 aromatic carbocycles. The summed E-state index contributed by atoms with van der Waals surface area (Å²) < 4.78 is 43.9. The Morgan fingerprint density at radius 3 is 2.20 bits per heavy atom. The van der Waals surface area contributed by atoms with Crippen LogP contribution in [0, 0.1) is 6.92 Å². The maximum Gasteiger partial charge on any atom is 0.419 e. The van der Waals surface area contributed by atoms with Crippen molar-refractivity contribution in [2.75, 3.05) is 11.9 Å². The molecule has 1 unspecified atom stereocenters. The number of rotatable bonds is 6. The first-order valence-electron chi connectivity index (χ1n) is 10.3. The molecule has 35 heavy (non-hydrogen) atoms. The number of carboxylic acids is 1. The van der Waals surface area contributed by atoms with Crippen LogP contribution in [0.4, 0.5) is 23.1 Å². The third-order valence-electron chi connectivity index (χ3n) is 5.41. The van der Waals surface area contributed by atoms with Gasteiger partial charge in [0.2, 0.25) is 6.04 Å². The van der Waals surface area contributed by atoms with Gasteiger partial charge >= 0.3 is 18.2 Å². The van der Waals surface area contributed by atoms with E-state index in [1.54, 1.807) is 0 Å². The number of anilines is 1. The van der Waals surface area contributed by atoms with E-state index in [1.165, 1.54) is 12.2 Å². The highest BCUT2D eigenvalue weighted by atomic mass is 32.1. The van der Waals surface area contributed by atoms with E-state index in [-0.39, 0.29) is 28.2 Å². The first-order chi connectivity index (χ1) is 16.6. The highest BCUT2D eigenvalue weighted by Gasteiger charge is 2.46. The second-order valence-electron chi connectivity index (χ2n) is 7.67. The predicted octanol–water partition coefficient (Wildman–Crippen LogP) is 4.56. The van der Waals surface area contributed by atoms with Gasteiger partial charge in [0, 0.05) is 5.92 Å². The lowest BCUT2D eigenvalue weighted by Crippen LogP contribution is -2.50. The molecular weight excluding hydrogens is 487 g/mol. The molecule has 3 aromatic rings. The largest absolute Gasteiger partial charge is 0.479 e. The maximum atomic E-state index is 12.8. The molecule has 0 spiro atoms. The number of aromatic nitrogens is 1. The fourth-order valence-corrected chi connectivity index (χ4v) is 4.72. The zero-order valence-electron chi connectivity index (χ0n) is 18.1. The van der Waals surface area contributed by atoms with Crippen LogP contribution in [0.25, 0.3) is 11.1 Å². The number of alkyl halides is 3. The molecule has 0 fully saturated rings. The Kier molecular flexibility index (Phi) is 6.48. The van der Waals surface area contributed by atoms with Gasteiger partial charge < -0.3 is 15.2 Å². The number of aliphatic carboxylic acids is 1. The Balaban J connectivity index is 1.42. The van der Waals surface area contributed by atoms with Crippen LogP contribution < -0.4 is 10.6 Å². The fraction of sp³-hybridized carbons (Fsp3) is 0.217. The average Bonchev–Trinajstić information content (AvgIpc) is 3.32. The van der Waals surface area contributed by atoms with Crippen LogP contribution in [0.2, 0.25) is 0 Å². The van der Waals surface area contributed by atoms with Gasteiger partial charge in [-0.2, -0.15) is 13.2 Å². The molecule has 1 aliphatic rings. The van der Waals surface area contributed by atoms with Crippen molar-refractivity contribution in [3.63, 3.8) is 0 Å². The van der Waals surface area contributed by atoms with Crippen molar-refractivity contribution in [3.05, 3.63) is 70.2 Å². The molecule has 182 valence electrons. The summed E-state index contributed by atoms with van der Waals surface area (Å²) in [5, 5.41) is 12.5. The molecule has 1 aromatic heterocycles. The summed E-state index contributed by atoms with van der Waals surface area (Å²) in [7, 11) is 0. The van der Waals surface area contributed by atoms with E-state index in [2.05, 4.69) is 10.3 Å². The molecule has 12 heteroatoms. The van der Waals surface area contributed by atoms with E-state index >= 15 is 0 Å². The third kappa shape index (κ3) is 4.97. The van der Waals surface area contributed by atoms with Gasteiger partial charge in [0.05, 0.1) is 5.69 Å². The smallest absolute Gasteiger partial charge is 0.419 e. The standard InChI is InChI=1S/C23H18F3N3O5S/c1-11-17(19(30)28-18(20(31)32)23(24,25)26)35-21(27-11)29-22(33)34-10-16-14-8-4-2-6-12(14)13-7-3-5-9-15(13)16/h2-9,16,18H,10H2,1H3,(H,28,30)(H,31,32)(H,27,29,33). The van der Waals surface area contributed by atoms with Crippen LogP contribution in [0.5, 0.6) is 0 Å². The molecule has 0 aliphatic heterocycles. The van der Waals surface area contributed by atoms with Crippen molar-refractivity contribution >= 4 is 34.4 Å². The second kappa shape index (κ2) is 9.37. The number of thiazole rings is 1. The first-order valence-corrected chi connectivity index (χ1v) is 11.1. The van der Waals surface area contributed by atoms with E-state index in [0.29, 0.717) is 11.3 Å². The normalized spacial score (nSPS) is 13.5. The zero-order chi connectivity index (χ0) is 25.3. The monoisotopic (exact) mass is 505 g/mol. The number of carbonyl (C=O) groups is 3. The van der Waals surface area contributed by atoms with Crippen molar-refractivity contribution in [2.45, 2.75) is 25.1 Å². The van der Waals surface area contributed by atoms with Crippen molar-refractivity contribution in [1.29, 1.82) is 0 Å². The topological polar surface area (TPSA) is 118 Å². The van der Waals surface area contributed by atoms with E-state index in [9.17, 15) is 27.6 Å². The van der Waals surface area contributed by atoms with Gasteiger partial charge in [-0.3, -0.25) is 10.1 Å². The number of halogens is 3. The molecule has 8 nitrogen and oxygen atoms in total.